The molecule has 2 amide bonds. The Balaban J connectivity index is 1.37. The van der Waals surface area contributed by atoms with Gasteiger partial charge in [-0.05, 0) is 42.8 Å². The van der Waals surface area contributed by atoms with E-state index in [1.807, 2.05) is 85.8 Å². The molecule has 0 aliphatic heterocycles. The Bertz CT molecular complexity index is 1670. The standard InChI is InChI=1S/C33H29N3O4S2/c1-21-29(22-12-6-4-7-13-22)35-33(41-21)36-32(38)30(23-14-8-5-9-15-23)42-25-17-10-16-24(20-25)34-31(37)28-26(39-2)18-11-19-27(28)40-3/h4-20,30H,1-3H3,(H,34,37)(H,35,36,38). The number of aryl methyl sites for hydroxylation is 1. The molecule has 212 valence electrons. The number of thioether (sulfide) groups is 1. The lowest BCUT2D eigenvalue weighted by molar-refractivity contribution is -0.115. The van der Waals surface area contributed by atoms with E-state index in [1.54, 1.807) is 24.3 Å². The van der Waals surface area contributed by atoms with Gasteiger partial charge in [-0.1, -0.05) is 72.8 Å². The average molecular weight is 596 g/mol. The summed E-state index contributed by atoms with van der Waals surface area (Å²) >= 11 is 2.84. The molecule has 1 aromatic heterocycles. The first kappa shape index (κ1) is 28.9. The number of hydrogen-bond acceptors (Lipinski definition) is 7. The largest absolute Gasteiger partial charge is 0.496 e. The zero-order valence-electron chi connectivity index (χ0n) is 23.3. The van der Waals surface area contributed by atoms with Crippen LogP contribution in [0.3, 0.4) is 0 Å². The van der Waals surface area contributed by atoms with Crippen molar-refractivity contribution in [2.75, 3.05) is 24.9 Å². The second kappa shape index (κ2) is 13.4. The first-order valence-corrected chi connectivity index (χ1v) is 14.8. The highest BCUT2D eigenvalue weighted by molar-refractivity contribution is 8.00. The maximum Gasteiger partial charge on any atom is 0.263 e. The van der Waals surface area contributed by atoms with Gasteiger partial charge >= 0.3 is 0 Å². The Labute approximate surface area is 252 Å². The monoisotopic (exact) mass is 595 g/mol. The molecule has 1 heterocycles. The minimum atomic E-state index is -0.559. The fourth-order valence-electron chi connectivity index (χ4n) is 4.44. The number of hydrogen-bond donors (Lipinski definition) is 2. The summed E-state index contributed by atoms with van der Waals surface area (Å²) < 4.78 is 10.8. The molecule has 9 heteroatoms. The molecular formula is C33H29N3O4S2. The number of amides is 2. The molecule has 4 aromatic carbocycles. The number of carbonyl (C=O) groups is 2. The molecule has 0 aliphatic rings. The van der Waals surface area contributed by atoms with Gasteiger partial charge in [0.1, 0.15) is 22.3 Å². The number of thiazole rings is 1. The van der Waals surface area contributed by atoms with Crippen molar-refractivity contribution in [1.82, 2.24) is 4.98 Å². The number of nitrogens with one attached hydrogen (secondary N) is 2. The second-order valence-electron chi connectivity index (χ2n) is 9.21. The van der Waals surface area contributed by atoms with E-state index in [9.17, 15) is 9.59 Å². The summed E-state index contributed by atoms with van der Waals surface area (Å²) in [6.07, 6.45) is 0. The summed E-state index contributed by atoms with van der Waals surface area (Å²) in [6, 6.07) is 32.1. The van der Waals surface area contributed by atoms with Gasteiger partial charge in [0.25, 0.3) is 5.91 Å². The number of aromatic nitrogens is 1. The van der Waals surface area contributed by atoms with Crippen LogP contribution in [0.2, 0.25) is 0 Å². The van der Waals surface area contributed by atoms with Crippen molar-refractivity contribution >= 4 is 45.7 Å². The summed E-state index contributed by atoms with van der Waals surface area (Å²) in [5.74, 6) is 0.266. The lowest BCUT2D eigenvalue weighted by Crippen LogP contribution is -2.19. The third-order valence-electron chi connectivity index (χ3n) is 6.42. The Morgan fingerprint density at radius 3 is 2.12 bits per heavy atom. The van der Waals surface area contributed by atoms with Crippen molar-refractivity contribution in [3.05, 3.63) is 119 Å². The van der Waals surface area contributed by atoms with E-state index < -0.39 is 5.25 Å². The van der Waals surface area contributed by atoms with Crippen LogP contribution in [0, 0.1) is 6.92 Å². The molecule has 2 N–H and O–H groups in total. The maximum atomic E-state index is 13.7. The van der Waals surface area contributed by atoms with Crippen LogP contribution in [0.15, 0.2) is 108 Å². The SMILES string of the molecule is COc1cccc(OC)c1C(=O)Nc1cccc(SC(C(=O)Nc2nc(-c3ccccc3)c(C)s2)c2ccccc2)c1. The zero-order valence-corrected chi connectivity index (χ0v) is 24.9. The summed E-state index contributed by atoms with van der Waals surface area (Å²) in [4.78, 5) is 33.5. The van der Waals surface area contributed by atoms with E-state index in [-0.39, 0.29) is 11.8 Å². The van der Waals surface area contributed by atoms with Crippen LogP contribution in [0.1, 0.15) is 26.0 Å². The van der Waals surface area contributed by atoms with E-state index in [2.05, 4.69) is 10.6 Å². The fourth-order valence-corrected chi connectivity index (χ4v) is 6.36. The Hall–Kier alpha value is -4.60. The number of benzene rings is 4. The molecule has 1 unspecified atom stereocenters. The van der Waals surface area contributed by atoms with Crippen LogP contribution in [0.4, 0.5) is 10.8 Å². The number of rotatable bonds is 10. The highest BCUT2D eigenvalue weighted by Gasteiger charge is 2.24. The third-order valence-corrected chi connectivity index (χ3v) is 8.55. The van der Waals surface area contributed by atoms with Crippen LogP contribution in [0.5, 0.6) is 11.5 Å². The predicted molar refractivity (Wildman–Crippen MR) is 170 cm³/mol. The second-order valence-corrected chi connectivity index (χ2v) is 11.6. The smallest absolute Gasteiger partial charge is 0.263 e. The highest BCUT2D eigenvalue weighted by Crippen LogP contribution is 2.38. The molecule has 0 saturated carbocycles. The number of carbonyl (C=O) groups excluding carboxylic acids is 2. The molecule has 0 radical (unpaired) electrons. The zero-order chi connectivity index (χ0) is 29.5. The lowest BCUT2D eigenvalue weighted by Gasteiger charge is -2.17. The Morgan fingerprint density at radius 2 is 1.45 bits per heavy atom. The van der Waals surface area contributed by atoms with Gasteiger partial charge in [-0.3, -0.25) is 9.59 Å². The number of anilines is 2. The van der Waals surface area contributed by atoms with Crippen LogP contribution in [0.25, 0.3) is 11.3 Å². The lowest BCUT2D eigenvalue weighted by atomic mass is 10.1. The van der Waals surface area contributed by atoms with Crippen molar-refractivity contribution in [3.63, 3.8) is 0 Å². The highest BCUT2D eigenvalue weighted by atomic mass is 32.2. The molecule has 0 aliphatic carbocycles. The molecule has 5 rings (SSSR count). The number of methoxy groups -OCH3 is 2. The average Bonchev–Trinajstić information content (AvgIpc) is 3.39. The van der Waals surface area contributed by atoms with Crippen LogP contribution < -0.4 is 20.1 Å². The normalized spacial score (nSPS) is 11.4. The van der Waals surface area contributed by atoms with Gasteiger partial charge in [-0.2, -0.15) is 0 Å². The van der Waals surface area contributed by atoms with Gasteiger partial charge in [0.15, 0.2) is 5.13 Å². The molecule has 7 nitrogen and oxygen atoms in total. The third kappa shape index (κ3) is 6.64. The van der Waals surface area contributed by atoms with Gasteiger partial charge < -0.3 is 20.1 Å². The van der Waals surface area contributed by atoms with Gasteiger partial charge in [-0.25, -0.2) is 4.98 Å². The number of nitrogens with zero attached hydrogens (tertiary/aromatic N) is 1. The molecule has 5 aromatic rings. The summed E-state index contributed by atoms with van der Waals surface area (Å²) in [5, 5.41) is 5.96. The molecule has 0 spiro atoms. The van der Waals surface area contributed by atoms with Gasteiger partial charge in [0.2, 0.25) is 5.91 Å². The van der Waals surface area contributed by atoms with Gasteiger partial charge in [0, 0.05) is 21.0 Å². The van der Waals surface area contributed by atoms with Crippen molar-refractivity contribution in [3.8, 4) is 22.8 Å². The van der Waals surface area contributed by atoms with Crippen molar-refractivity contribution in [1.29, 1.82) is 0 Å². The molecular weight excluding hydrogens is 567 g/mol. The molecule has 0 fully saturated rings. The minimum absolute atomic E-state index is 0.187. The van der Waals surface area contributed by atoms with Crippen LogP contribution >= 0.6 is 23.1 Å². The predicted octanol–water partition coefficient (Wildman–Crippen LogP) is 7.86. The van der Waals surface area contributed by atoms with E-state index in [0.717, 1.165) is 26.6 Å². The van der Waals surface area contributed by atoms with Crippen molar-refractivity contribution in [2.24, 2.45) is 0 Å². The summed E-state index contributed by atoms with van der Waals surface area (Å²) in [7, 11) is 3.01. The summed E-state index contributed by atoms with van der Waals surface area (Å²) in [6.45, 7) is 2.00. The molecule has 0 saturated heterocycles. The van der Waals surface area contributed by atoms with Gasteiger partial charge in [0.05, 0.1) is 19.9 Å². The van der Waals surface area contributed by atoms with E-state index in [0.29, 0.717) is 27.9 Å². The molecule has 1 atom stereocenters. The number of ether oxygens (including phenoxy) is 2. The minimum Gasteiger partial charge on any atom is -0.496 e. The fraction of sp³-hybridized carbons (Fsp3) is 0.121. The molecule has 0 bridgehead atoms. The van der Waals surface area contributed by atoms with E-state index in [1.165, 1.54) is 37.3 Å². The Morgan fingerprint density at radius 1 is 0.810 bits per heavy atom. The summed E-state index contributed by atoms with van der Waals surface area (Å²) in [5.41, 5.74) is 3.59. The van der Waals surface area contributed by atoms with Crippen LogP contribution in [-0.2, 0) is 4.79 Å². The Kier molecular flexibility index (Phi) is 9.21. The van der Waals surface area contributed by atoms with Crippen molar-refractivity contribution in [2.45, 2.75) is 17.1 Å². The topological polar surface area (TPSA) is 89.5 Å². The van der Waals surface area contributed by atoms with Gasteiger partial charge in [-0.15, -0.1) is 23.1 Å². The molecule has 42 heavy (non-hydrogen) atoms. The first-order chi connectivity index (χ1) is 20.5. The van der Waals surface area contributed by atoms with Crippen molar-refractivity contribution < 1.29 is 19.1 Å². The maximum absolute atomic E-state index is 13.7. The van der Waals surface area contributed by atoms with E-state index in [4.69, 9.17) is 14.5 Å². The quantitative estimate of drug-likeness (QED) is 0.160. The van der Waals surface area contributed by atoms with E-state index >= 15 is 0 Å². The first-order valence-electron chi connectivity index (χ1n) is 13.1. The van der Waals surface area contributed by atoms with Crippen LogP contribution in [-0.4, -0.2) is 31.0 Å².